The molecule has 0 aliphatic rings. The summed E-state index contributed by atoms with van der Waals surface area (Å²) >= 11 is 0. The van der Waals surface area contributed by atoms with E-state index in [2.05, 4.69) is 4.74 Å². The minimum atomic E-state index is -5.58. The third-order valence-electron chi connectivity index (χ3n) is 2.24. The molecule has 0 saturated heterocycles. The zero-order valence-electron chi connectivity index (χ0n) is 8.75. The smallest absolute Gasteiger partial charge is 0.437 e. The van der Waals surface area contributed by atoms with Gasteiger partial charge < -0.3 is 4.74 Å². The molecule has 2 nitrogen and oxygen atoms in total. The van der Waals surface area contributed by atoms with E-state index in [-0.39, 0.29) is 6.92 Å². The zero-order valence-corrected chi connectivity index (χ0v) is 8.75. The van der Waals surface area contributed by atoms with E-state index >= 15 is 0 Å². The number of rotatable bonds is 3. The van der Waals surface area contributed by atoms with Crippen LogP contribution in [0, 0.1) is 5.41 Å². The standard InChI is InChI=1S/C8H9F7O2/c1-4(17-5(9)16)3-6(2,7(10,11)12)8(13,14)15/h4H,3H2,1-2H3. The van der Waals surface area contributed by atoms with Crippen molar-refractivity contribution in [1.29, 1.82) is 0 Å². The van der Waals surface area contributed by atoms with Crippen molar-refractivity contribution in [2.24, 2.45) is 5.41 Å². The zero-order chi connectivity index (χ0) is 14.1. The van der Waals surface area contributed by atoms with Gasteiger partial charge in [-0.05, 0) is 13.8 Å². The average Bonchev–Trinajstić information content (AvgIpc) is 1.97. The maximum Gasteiger partial charge on any atom is 0.495 e. The van der Waals surface area contributed by atoms with Gasteiger partial charge in [0.15, 0.2) is 5.41 Å². The summed E-state index contributed by atoms with van der Waals surface area (Å²) in [6.45, 7) is 0.669. The predicted octanol–water partition coefficient (Wildman–Crippen LogP) is 4.00. The Bertz CT molecular complexity index is 267. The lowest BCUT2D eigenvalue weighted by Crippen LogP contribution is -2.49. The number of halogens is 7. The second-order valence-corrected chi connectivity index (χ2v) is 3.70. The van der Waals surface area contributed by atoms with Gasteiger partial charge in [0.05, 0.1) is 0 Å². The third kappa shape index (κ3) is 3.74. The maximum absolute atomic E-state index is 12.3. The Morgan fingerprint density at radius 1 is 1.12 bits per heavy atom. The molecule has 0 saturated carbocycles. The van der Waals surface area contributed by atoms with Crippen LogP contribution in [0.25, 0.3) is 0 Å². The van der Waals surface area contributed by atoms with E-state index in [0.717, 1.165) is 6.92 Å². The first kappa shape index (κ1) is 16.0. The van der Waals surface area contributed by atoms with Gasteiger partial charge in [0.2, 0.25) is 0 Å². The van der Waals surface area contributed by atoms with Crippen LogP contribution >= 0.6 is 0 Å². The fraction of sp³-hybridized carbons (Fsp3) is 0.875. The van der Waals surface area contributed by atoms with Gasteiger partial charge in [-0.3, -0.25) is 0 Å². The van der Waals surface area contributed by atoms with E-state index in [9.17, 15) is 35.5 Å². The molecule has 0 rings (SSSR count). The summed E-state index contributed by atoms with van der Waals surface area (Å²) in [6.07, 6.45) is -17.0. The Morgan fingerprint density at radius 3 is 1.71 bits per heavy atom. The van der Waals surface area contributed by atoms with Gasteiger partial charge in [0.1, 0.15) is 6.10 Å². The highest BCUT2D eigenvalue weighted by Crippen LogP contribution is 2.53. The highest BCUT2D eigenvalue weighted by molar-refractivity contribution is 5.58. The molecule has 17 heavy (non-hydrogen) atoms. The Balaban J connectivity index is 5.05. The molecular weight excluding hydrogens is 261 g/mol. The molecule has 0 heterocycles. The van der Waals surface area contributed by atoms with Crippen LogP contribution in [0.1, 0.15) is 20.3 Å². The molecule has 0 bridgehead atoms. The van der Waals surface area contributed by atoms with Gasteiger partial charge in [0, 0.05) is 6.42 Å². The number of hydrogen-bond acceptors (Lipinski definition) is 2. The van der Waals surface area contributed by atoms with E-state index in [4.69, 9.17) is 0 Å². The van der Waals surface area contributed by atoms with E-state index in [1.54, 1.807) is 0 Å². The van der Waals surface area contributed by atoms with Crippen LogP contribution in [0.3, 0.4) is 0 Å². The van der Waals surface area contributed by atoms with Crippen LogP contribution in [0.2, 0.25) is 0 Å². The molecule has 0 radical (unpaired) electrons. The quantitative estimate of drug-likeness (QED) is 0.572. The van der Waals surface area contributed by atoms with Crippen LogP contribution in [0.5, 0.6) is 0 Å². The number of carbonyl (C=O) groups excluding carboxylic acids is 1. The van der Waals surface area contributed by atoms with Crippen LogP contribution in [0.15, 0.2) is 0 Å². The molecule has 0 N–H and O–H groups in total. The van der Waals surface area contributed by atoms with Crippen LogP contribution in [-0.4, -0.2) is 24.7 Å². The molecule has 0 aliphatic carbocycles. The molecule has 0 aromatic heterocycles. The number of ether oxygens (including phenoxy) is 1. The van der Waals surface area contributed by atoms with Crippen molar-refractivity contribution in [2.45, 2.75) is 38.7 Å². The van der Waals surface area contributed by atoms with Gasteiger partial charge in [-0.2, -0.15) is 26.3 Å². The highest BCUT2D eigenvalue weighted by atomic mass is 19.4. The molecule has 1 atom stereocenters. The average molecular weight is 270 g/mol. The lowest BCUT2D eigenvalue weighted by molar-refractivity contribution is -0.340. The van der Waals surface area contributed by atoms with Crippen molar-refractivity contribution < 1.29 is 40.3 Å². The Hall–Kier alpha value is -1.02. The molecule has 102 valence electrons. The van der Waals surface area contributed by atoms with E-state index in [1.165, 1.54) is 0 Å². The third-order valence-corrected chi connectivity index (χ3v) is 2.24. The SMILES string of the molecule is CC(CC(C)(C(F)(F)F)C(F)(F)F)OC(=O)F. The summed E-state index contributed by atoms with van der Waals surface area (Å²) in [5.74, 6) is 0. The fourth-order valence-corrected chi connectivity index (χ4v) is 1.17. The molecule has 0 amide bonds. The topological polar surface area (TPSA) is 26.3 Å². The van der Waals surface area contributed by atoms with Crippen LogP contribution in [0.4, 0.5) is 35.5 Å². The molecule has 0 spiro atoms. The van der Waals surface area contributed by atoms with Crippen LogP contribution in [-0.2, 0) is 4.74 Å². The summed E-state index contributed by atoms with van der Waals surface area (Å²) in [4.78, 5) is 9.79. The summed E-state index contributed by atoms with van der Waals surface area (Å²) < 4.78 is 89.4. The highest BCUT2D eigenvalue weighted by Gasteiger charge is 2.67. The summed E-state index contributed by atoms with van der Waals surface area (Å²) in [7, 11) is 0. The molecule has 0 aliphatic heterocycles. The van der Waals surface area contributed by atoms with E-state index in [1.807, 2.05) is 0 Å². The first-order valence-corrected chi connectivity index (χ1v) is 4.31. The second kappa shape index (κ2) is 4.69. The number of carbonyl (C=O) groups is 1. The van der Waals surface area contributed by atoms with Crippen molar-refractivity contribution in [2.75, 3.05) is 0 Å². The molecule has 9 heteroatoms. The first-order valence-electron chi connectivity index (χ1n) is 4.31. The van der Waals surface area contributed by atoms with Crippen molar-refractivity contribution in [3.05, 3.63) is 0 Å². The minimum absolute atomic E-state index is 0.0738. The minimum Gasteiger partial charge on any atom is -0.437 e. The van der Waals surface area contributed by atoms with Gasteiger partial charge in [-0.25, -0.2) is 4.79 Å². The monoisotopic (exact) mass is 270 g/mol. The molecule has 0 aromatic carbocycles. The second-order valence-electron chi connectivity index (χ2n) is 3.70. The largest absolute Gasteiger partial charge is 0.495 e. The van der Waals surface area contributed by atoms with Crippen molar-refractivity contribution >= 4 is 6.22 Å². The lowest BCUT2D eigenvalue weighted by Gasteiger charge is -2.35. The van der Waals surface area contributed by atoms with Gasteiger partial charge in [0.25, 0.3) is 0 Å². The van der Waals surface area contributed by atoms with Crippen molar-refractivity contribution in [3.63, 3.8) is 0 Å². The van der Waals surface area contributed by atoms with Crippen molar-refractivity contribution in [1.82, 2.24) is 0 Å². The fourth-order valence-electron chi connectivity index (χ4n) is 1.17. The molecular formula is C8H9F7O2. The summed E-state index contributed by atoms with van der Waals surface area (Å²) in [5.41, 5.74) is -4.06. The maximum atomic E-state index is 12.3. The van der Waals surface area contributed by atoms with Crippen LogP contribution < -0.4 is 0 Å². The van der Waals surface area contributed by atoms with E-state index < -0.39 is 36.5 Å². The molecule has 1 unspecified atom stereocenters. The number of hydrogen-bond donors (Lipinski definition) is 0. The summed E-state index contributed by atoms with van der Waals surface area (Å²) in [5, 5.41) is 0. The molecule has 0 fully saturated rings. The Morgan fingerprint density at radius 2 is 1.47 bits per heavy atom. The van der Waals surface area contributed by atoms with Gasteiger partial charge in [-0.15, -0.1) is 4.39 Å². The van der Waals surface area contributed by atoms with E-state index in [0.29, 0.717) is 0 Å². The number of alkyl halides is 6. The first-order chi connectivity index (χ1) is 7.31. The normalized spacial score (nSPS) is 15.6. The van der Waals surface area contributed by atoms with Crippen molar-refractivity contribution in [3.8, 4) is 0 Å². The lowest BCUT2D eigenvalue weighted by atomic mass is 9.83. The van der Waals surface area contributed by atoms with Gasteiger partial charge >= 0.3 is 18.6 Å². The Labute approximate surface area is 91.7 Å². The summed E-state index contributed by atoms with van der Waals surface area (Å²) in [6, 6.07) is 0. The predicted molar refractivity (Wildman–Crippen MR) is 41.9 cm³/mol. The molecule has 0 aromatic rings. The Kier molecular flexibility index (Phi) is 4.41. The van der Waals surface area contributed by atoms with Gasteiger partial charge in [-0.1, -0.05) is 0 Å².